The summed E-state index contributed by atoms with van der Waals surface area (Å²) in [5, 5.41) is 4.56. The molecule has 0 spiro atoms. The lowest BCUT2D eigenvalue weighted by Gasteiger charge is -2.10. The summed E-state index contributed by atoms with van der Waals surface area (Å²) in [6.45, 7) is 2.07. The second-order valence-corrected chi connectivity index (χ2v) is 5.28. The van der Waals surface area contributed by atoms with Gasteiger partial charge >= 0.3 is 0 Å². The molecule has 5 heteroatoms. The number of aryl methyl sites for hydroxylation is 2. The van der Waals surface area contributed by atoms with Gasteiger partial charge in [0.25, 0.3) is 0 Å². The van der Waals surface area contributed by atoms with E-state index < -0.39 is 0 Å². The van der Waals surface area contributed by atoms with Gasteiger partial charge in [-0.3, -0.25) is 0 Å². The van der Waals surface area contributed by atoms with Crippen molar-refractivity contribution >= 4 is 0 Å². The summed E-state index contributed by atoms with van der Waals surface area (Å²) in [4.78, 5) is 4.60. The Morgan fingerprint density at radius 1 is 1.33 bits per heavy atom. The summed E-state index contributed by atoms with van der Waals surface area (Å²) in [5.41, 5.74) is 1.31. The molecule has 2 heterocycles. The van der Waals surface area contributed by atoms with Crippen LogP contribution in [0.25, 0.3) is 0 Å². The molecule has 2 aromatic rings. The van der Waals surface area contributed by atoms with Crippen LogP contribution in [0, 0.1) is 0 Å². The van der Waals surface area contributed by atoms with Gasteiger partial charge in [0.1, 0.15) is 12.7 Å². The largest absolute Gasteiger partial charge is 0.377 e. The molecule has 0 saturated carbocycles. The molecule has 0 N–H and O–H groups in total. The predicted octanol–water partition coefficient (Wildman–Crippen LogP) is 2.52. The first-order chi connectivity index (χ1) is 10.4. The lowest BCUT2D eigenvalue weighted by molar-refractivity contribution is 0.101. The maximum atomic E-state index is 5.76. The van der Waals surface area contributed by atoms with Gasteiger partial charge in [-0.1, -0.05) is 30.3 Å². The monoisotopic (exact) mass is 287 g/mol. The molecule has 5 nitrogen and oxygen atoms in total. The number of benzene rings is 1. The molecule has 0 amide bonds. The second-order valence-electron chi connectivity index (χ2n) is 5.28. The van der Waals surface area contributed by atoms with Crippen LogP contribution >= 0.6 is 0 Å². The van der Waals surface area contributed by atoms with Crippen molar-refractivity contribution in [2.75, 3.05) is 13.7 Å². The highest BCUT2D eigenvalue weighted by atomic mass is 16.5. The molecule has 0 radical (unpaired) electrons. The molecule has 112 valence electrons. The van der Waals surface area contributed by atoms with E-state index in [1.54, 1.807) is 7.11 Å². The predicted molar refractivity (Wildman–Crippen MR) is 78.8 cm³/mol. The Kier molecular flexibility index (Phi) is 4.62. The van der Waals surface area contributed by atoms with Crippen LogP contribution < -0.4 is 0 Å². The van der Waals surface area contributed by atoms with Gasteiger partial charge in [-0.05, 0) is 24.8 Å². The third kappa shape index (κ3) is 3.49. The van der Waals surface area contributed by atoms with Crippen molar-refractivity contribution < 1.29 is 9.47 Å². The van der Waals surface area contributed by atoms with E-state index in [2.05, 4.69) is 34.3 Å². The number of methoxy groups -OCH3 is 1. The van der Waals surface area contributed by atoms with Crippen LogP contribution in [0.3, 0.4) is 0 Å². The molecule has 1 aromatic carbocycles. The normalized spacial score (nSPS) is 18.2. The van der Waals surface area contributed by atoms with Crippen LogP contribution in [0.1, 0.15) is 36.2 Å². The quantitative estimate of drug-likeness (QED) is 0.819. The smallest absolute Gasteiger partial charge is 0.176 e. The van der Waals surface area contributed by atoms with Crippen molar-refractivity contribution in [2.24, 2.45) is 0 Å². The molecular weight excluding hydrogens is 266 g/mol. The van der Waals surface area contributed by atoms with E-state index in [4.69, 9.17) is 9.47 Å². The van der Waals surface area contributed by atoms with Crippen molar-refractivity contribution in [2.45, 2.75) is 38.5 Å². The van der Waals surface area contributed by atoms with Crippen molar-refractivity contribution in [1.29, 1.82) is 0 Å². The van der Waals surface area contributed by atoms with Crippen LogP contribution in [0.5, 0.6) is 0 Å². The van der Waals surface area contributed by atoms with E-state index in [1.165, 1.54) is 5.56 Å². The van der Waals surface area contributed by atoms with E-state index >= 15 is 0 Å². The molecule has 1 aliphatic rings. The summed E-state index contributed by atoms with van der Waals surface area (Å²) >= 11 is 0. The Bertz CT molecular complexity index is 562. The molecule has 1 aliphatic heterocycles. The summed E-state index contributed by atoms with van der Waals surface area (Å²) in [7, 11) is 1.66. The molecule has 1 fully saturated rings. The van der Waals surface area contributed by atoms with Crippen LogP contribution in [0.2, 0.25) is 0 Å². The minimum atomic E-state index is 0.0823. The van der Waals surface area contributed by atoms with Gasteiger partial charge in [-0.15, -0.1) is 0 Å². The molecule has 1 saturated heterocycles. The molecular formula is C16H21N3O2. The molecule has 1 aromatic heterocycles. The number of rotatable bonds is 6. The zero-order valence-electron chi connectivity index (χ0n) is 12.4. The first-order valence-corrected chi connectivity index (χ1v) is 7.45. The minimum Gasteiger partial charge on any atom is -0.377 e. The highest BCUT2D eigenvalue weighted by molar-refractivity contribution is 5.14. The van der Waals surface area contributed by atoms with E-state index in [0.29, 0.717) is 6.61 Å². The molecule has 1 atom stereocenters. The van der Waals surface area contributed by atoms with Gasteiger partial charge in [0.05, 0.1) is 0 Å². The average Bonchev–Trinajstić information content (AvgIpc) is 3.15. The maximum absolute atomic E-state index is 5.76. The highest BCUT2D eigenvalue weighted by Gasteiger charge is 2.24. The van der Waals surface area contributed by atoms with Gasteiger partial charge < -0.3 is 9.47 Å². The average molecular weight is 287 g/mol. The summed E-state index contributed by atoms with van der Waals surface area (Å²) < 4.78 is 12.9. The fourth-order valence-electron chi connectivity index (χ4n) is 2.66. The van der Waals surface area contributed by atoms with Crippen LogP contribution in [0.4, 0.5) is 0 Å². The Morgan fingerprint density at radius 3 is 2.90 bits per heavy atom. The van der Waals surface area contributed by atoms with Crippen molar-refractivity contribution in [3.8, 4) is 0 Å². The van der Waals surface area contributed by atoms with Gasteiger partial charge in [-0.2, -0.15) is 5.10 Å². The Hall–Kier alpha value is -1.72. The number of nitrogens with zero attached hydrogens (tertiary/aromatic N) is 3. The topological polar surface area (TPSA) is 49.2 Å². The summed E-state index contributed by atoms with van der Waals surface area (Å²) in [6, 6.07) is 10.4. The Labute approximate surface area is 124 Å². The molecule has 21 heavy (non-hydrogen) atoms. The third-order valence-corrected chi connectivity index (χ3v) is 3.69. The molecule has 3 rings (SSSR count). The van der Waals surface area contributed by atoms with Gasteiger partial charge in [0, 0.05) is 20.3 Å². The van der Waals surface area contributed by atoms with E-state index in [1.807, 2.05) is 10.7 Å². The number of hydrogen-bond donors (Lipinski definition) is 0. The summed E-state index contributed by atoms with van der Waals surface area (Å²) in [6.07, 6.45) is 3.14. The Balaban J connectivity index is 1.75. The standard InChI is InChI=1S/C16H21N3O2/c1-20-12-15-17-16(14-8-5-11-21-14)19(18-15)10-9-13-6-3-2-4-7-13/h2-4,6-7,14H,5,8-12H2,1H3. The van der Waals surface area contributed by atoms with Crippen molar-refractivity contribution in [1.82, 2.24) is 14.8 Å². The SMILES string of the molecule is COCc1nc(C2CCCO2)n(CCc2ccccc2)n1. The fraction of sp³-hybridized carbons (Fsp3) is 0.500. The number of ether oxygens (including phenoxy) is 2. The maximum Gasteiger partial charge on any atom is 0.176 e. The molecule has 0 aliphatic carbocycles. The fourth-order valence-corrected chi connectivity index (χ4v) is 2.66. The van der Waals surface area contributed by atoms with Gasteiger partial charge in [-0.25, -0.2) is 9.67 Å². The van der Waals surface area contributed by atoms with Crippen molar-refractivity contribution in [3.05, 3.63) is 47.5 Å². The third-order valence-electron chi connectivity index (χ3n) is 3.69. The van der Waals surface area contributed by atoms with E-state index in [0.717, 1.165) is 44.1 Å². The zero-order chi connectivity index (χ0) is 14.5. The number of hydrogen-bond acceptors (Lipinski definition) is 4. The van der Waals surface area contributed by atoms with E-state index in [9.17, 15) is 0 Å². The molecule has 1 unspecified atom stereocenters. The molecule has 0 bridgehead atoms. The van der Waals surface area contributed by atoms with Crippen molar-refractivity contribution in [3.63, 3.8) is 0 Å². The minimum absolute atomic E-state index is 0.0823. The van der Waals surface area contributed by atoms with Crippen LogP contribution in [0.15, 0.2) is 30.3 Å². The highest BCUT2D eigenvalue weighted by Crippen LogP contribution is 2.27. The lowest BCUT2D eigenvalue weighted by Crippen LogP contribution is -2.11. The first kappa shape index (κ1) is 14.2. The van der Waals surface area contributed by atoms with Gasteiger partial charge in [0.15, 0.2) is 11.6 Å². The Morgan fingerprint density at radius 2 is 2.19 bits per heavy atom. The zero-order valence-corrected chi connectivity index (χ0v) is 12.4. The van der Waals surface area contributed by atoms with E-state index in [-0.39, 0.29) is 6.10 Å². The summed E-state index contributed by atoms with van der Waals surface area (Å²) in [5.74, 6) is 1.67. The lowest BCUT2D eigenvalue weighted by atomic mass is 10.1. The van der Waals surface area contributed by atoms with Crippen LogP contribution in [-0.2, 0) is 29.0 Å². The van der Waals surface area contributed by atoms with Gasteiger partial charge in [0.2, 0.25) is 0 Å². The number of aromatic nitrogens is 3. The van der Waals surface area contributed by atoms with Crippen LogP contribution in [-0.4, -0.2) is 28.5 Å². The second kappa shape index (κ2) is 6.83. The first-order valence-electron chi connectivity index (χ1n) is 7.45.